The fraction of sp³-hybridized carbons (Fsp3) is 0.556. The van der Waals surface area contributed by atoms with E-state index in [9.17, 15) is 9.59 Å². The third-order valence-corrected chi connectivity index (χ3v) is 2.65. The van der Waals surface area contributed by atoms with E-state index in [1.165, 1.54) is 16.8 Å². The Morgan fingerprint density at radius 3 is 2.94 bits per heavy atom. The minimum atomic E-state index is -0.824. The van der Waals surface area contributed by atoms with Crippen molar-refractivity contribution in [3.8, 4) is 0 Å². The van der Waals surface area contributed by atoms with Gasteiger partial charge in [0.15, 0.2) is 0 Å². The number of anilines is 1. The number of urea groups is 1. The van der Waals surface area contributed by atoms with Crippen molar-refractivity contribution in [1.29, 1.82) is 0 Å². The van der Waals surface area contributed by atoms with Crippen LogP contribution in [0.4, 0.5) is 9.93 Å². The van der Waals surface area contributed by atoms with Gasteiger partial charge in [0.1, 0.15) is 5.51 Å². The molecule has 1 atom stereocenters. The molecule has 7 nitrogen and oxygen atoms in total. The molecule has 1 rings (SSSR count). The quantitative estimate of drug-likeness (QED) is 0.710. The second kappa shape index (κ2) is 6.79. The Balaban J connectivity index is 2.17. The standard InChI is InChI=1S/C9H14N4O3S/c1-6(2-3-7(14)15)4-10-8(16)12-9-13-11-5-17-9/h5-6H,2-4H2,1H3,(H,14,15)(H2,10,12,13,16). The van der Waals surface area contributed by atoms with E-state index in [1.807, 2.05) is 6.92 Å². The Morgan fingerprint density at radius 1 is 1.59 bits per heavy atom. The van der Waals surface area contributed by atoms with Crippen molar-refractivity contribution in [1.82, 2.24) is 15.5 Å². The van der Waals surface area contributed by atoms with Crippen LogP contribution in [0.5, 0.6) is 0 Å². The molecule has 94 valence electrons. The van der Waals surface area contributed by atoms with Gasteiger partial charge in [0, 0.05) is 13.0 Å². The fourth-order valence-corrected chi connectivity index (χ4v) is 1.55. The molecule has 1 aromatic rings. The summed E-state index contributed by atoms with van der Waals surface area (Å²) in [5.41, 5.74) is 1.52. The average molecular weight is 258 g/mol. The summed E-state index contributed by atoms with van der Waals surface area (Å²) in [5, 5.41) is 21.3. The van der Waals surface area contributed by atoms with Crippen LogP contribution in [0.3, 0.4) is 0 Å². The lowest BCUT2D eigenvalue weighted by Gasteiger charge is -2.11. The van der Waals surface area contributed by atoms with E-state index in [-0.39, 0.29) is 18.4 Å². The van der Waals surface area contributed by atoms with Crippen molar-refractivity contribution < 1.29 is 14.7 Å². The molecule has 0 aliphatic rings. The monoisotopic (exact) mass is 258 g/mol. The SMILES string of the molecule is CC(CCC(=O)O)CNC(=O)Nc1nncs1. The fourth-order valence-electron chi connectivity index (χ4n) is 1.11. The Labute approximate surface area is 102 Å². The number of carboxylic acids is 1. The number of carbonyl (C=O) groups excluding carboxylic acids is 1. The summed E-state index contributed by atoms with van der Waals surface area (Å²) >= 11 is 1.23. The van der Waals surface area contributed by atoms with Crippen molar-refractivity contribution >= 4 is 28.5 Å². The van der Waals surface area contributed by atoms with Crippen molar-refractivity contribution in [3.63, 3.8) is 0 Å². The van der Waals surface area contributed by atoms with Crippen LogP contribution in [0.15, 0.2) is 5.51 Å². The molecule has 0 saturated heterocycles. The summed E-state index contributed by atoms with van der Waals surface area (Å²) < 4.78 is 0. The third kappa shape index (κ3) is 5.81. The van der Waals surface area contributed by atoms with Crippen LogP contribution >= 0.6 is 11.3 Å². The average Bonchev–Trinajstić information content (AvgIpc) is 2.76. The summed E-state index contributed by atoms with van der Waals surface area (Å²) in [6, 6.07) is -0.357. The largest absolute Gasteiger partial charge is 0.481 e. The summed E-state index contributed by atoms with van der Waals surface area (Å²) in [5.74, 6) is -0.707. The van der Waals surface area contributed by atoms with Gasteiger partial charge in [0.25, 0.3) is 0 Å². The van der Waals surface area contributed by atoms with Gasteiger partial charge in [-0.2, -0.15) is 0 Å². The first-order valence-corrected chi connectivity index (χ1v) is 5.98. The van der Waals surface area contributed by atoms with Crippen LogP contribution < -0.4 is 10.6 Å². The van der Waals surface area contributed by atoms with Gasteiger partial charge in [0.2, 0.25) is 5.13 Å². The van der Waals surface area contributed by atoms with Crippen LogP contribution in [0, 0.1) is 5.92 Å². The molecule has 1 aromatic heterocycles. The molecule has 3 N–H and O–H groups in total. The molecule has 0 aliphatic heterocycles. The van der Waals surface area contributed by atoms with E-state index in [4.69, 9.17) is 5.11 Å². The van der Waals surface area contributed by atoms with E-state index in [0.29, 0.717) is 18.1 Å². The van der Waals surface area contributed by atoms with E-state index in [1.54, 1.807) is 0 Å². The summed E-state index contributed by atoms with van der Waals surface area (Å²) in [7, 11) is 0. The van der Waals surface area contributed by atoms with Gasteiger partial charge < -0.3 is 10.4 Å². The predicted octanol–water partition coefficient (Wildman–Crippen LogP) is 1.16. The van der Waals surface area contributed by atoms with E-state index >= 15 is 0 Å². The molecule has 0 radical (unpaired) electrons. The maximum Gasteiger partial charge on any atom is 0.321 e. The summed E-state index contributed by atoms with van der Waals surface area (Å²) in [4.78, 5) is 21.7. The second-order valence-corrected chi connectivity index (χ2v) is 4.45. The highest BCUT2D eigenvalue weighted by atomic mass is 32.1. The topological polar surface area (TPSA) is 104 Å². The molecule has 0 spiro atoms. The molecule has 1 unspecified atom stereocenters. The zero-order chi connectivity index (χ0) is 12.7. The van der Waals surface area contributed by atoms with Gasteiger partial charge in [-0.25, -0.2) is 4.79 Å². The zero-order valence-electron chi connectivity index (χ0n) is 9.34. The molecule has 1 heterocycles. The van der Waals surface area contributed by atoms with Gasteiger partial charge in [-0.05, 0) is 12.3 Å². The van der Waals surface area contributed by atoms with Crippen molar-refractivity contribution in [3.05, 3.63) is 5.51 Å². The molecule has 0 aromatic carbocycles. The zero-order valence-corrected chi connectivity index (χ0v) is 10.2. The minimum absolute atomic E-state index is 0.112. The molecule has 17 heavy (non-hydrogen) atoms. The Bertz CT molecular complexity index is 368. The van der Waals surface area contributed by atoms with Crippen molar-refractivity contribution in [2.45, 2.75) is 19.8 Å². The molecule has 0 aliphatic carbocycles. The molecule has 8 heteroatoms. The number of aliphatic carboxylic acids is 1. The maximum atomic E-state index is 11.4. The van der Waals surface area contributed by atoms with Crippen LogP contribution in [-0.4, -0.2) is 33.8 Å². The first kappa shape index (κ1) is 13.4. The van der Waals surface area contributed by atoms with Gasteiger partial charge in [-0.15, -0.1) is 10.2 Å². The summed E-state index contributed by atoms with van der Waals surface area (Å²) in [6.07, 6.45) is 0.648. The van der Waals surface area contributed by atoms with Gasteiger partial charge in [0.05, 0.1) is 0 Å². The number of hydrogen-bond donors (Lipinski definition) is 3. The van der Waals surface area contributed by atoms with Gasteiger partial charge in [-0.1, -0.05) is 18.3 Å². The number of nitrogens with zero attached hydrogens (tertiary/aromatic N) is 2. The predicted molar refractivity (Wildman–Crippen MR) is 63.0 cm³/mol. The molecule has 2 amide bonds. The normalized spacial score (nSPS) is 11.8. The first-order chi connectivity index (χ1) is 8.08. The highest BCUT2D eigenvalue weighted by molar-refractivity contribution is 7.13. The van der Waals surface area contributed by atoms with Crippen molar-refractivity contribution in [2.75, 3.05) is 11.9 Å². The molecule has 0 fully saturated rings. The third-order valence-electron chi connectivity index (χ3n) is 2.04. The van der Waals surface area contributed by atoms with Crippen molar-refractivity contribution in [2.24, 2.45) is 5.92 Å². The van der Waals surface area contributed by atoms with Crippen LogP contribution in [0.1, 0.15) is 19.8 Å². The number of carboxylic acid groups (broad SMARTS) is 1. The molecule has 0 saturated carbocycles. The van der Waals surface area contributed by atoms with Gasteiger partial charge in [-0.3, -0.25) is 10.1 Å². The number of hydrogen-bond acceptors (Lipinski definition) is 5. The Kier molecular flexibility index (Phi) is 5.34. The van der Waals surface area contributed by atoms with E-state index in [0.717, 1.165) is 0 Å². The number of carbonyl (C=O) groups is 2. The van der Waals surface area contributed by atoms with Crippen LogP contribution in [0.25, 0.3) is 0 Å². The maximum absolute atomic E-state index is 11.4. The minimum Gasteiger partial charge on any atom is -0.481 e. The smallest absolute Gasteiger partial charge is 0.321 e. The van der Waals surface area contributed by atoms with E-state index < -0.39 is 5.97 Å². The van der Waals surface area contributed by atoms with Crippen LogP contribution in [0.2, 0.25) is 0 Å². The van der Waals surface area contributed by atoms with Gasteiger partial charge >= 0.3 is 12.0 Å². The lowest BCUT2D eigenvalue weighted by atomic mass is 10.1. The second-order valence-electron chi connectivity index (χ2n) is 3.62. The lowest BCUT2D eigenvalue weighted by molar-refractivity contribution is -0.137. The summed E-state index contributed by atoms with van der Waals surface area (Å²) in [6.45, 7) is 2.31. The lowest BCUT2D eigenvalue weighted by Crippen LogP contribution is -2.32. The van der Waals surface area contributed by atoms with E-state index in [2.05, 4.69) is 20.8 Å². The molecular formula is C9H14N4O3S. The highest BCUT2D eigenvalue weighted by Crippen LogP contribution is 2.07. The first-order valence-electron chi connectivity index (χ1n) is 5.10. The number of nitrogens with one attached hydrogen (secondary N) is 2. The highest BCUT2D eigenvalue weighted by Gasteiger charge is 2.08. The Morgan fingerprint density at radius 2 is 2.35 bits per heavy atom. The van der Waals surface area contributed by atoms with Crippen LogP contribution in [-0.2, 0) is 4.79 Å². The Hall–Kier alpha value is -1.70. The number of amides is 2. The molecular weight excluding hydrogens is 244 g/mol. The molecule has 0 bridgehead atoms. The number of rotatable bonds is 6. The number of aromatic nitrogens is 2.